The second kappa shape index (κ2) is 10.9. The van der Waals surface area contributed by atoms with Gasteiger partial charge in [-0.1, -0.05) is 29.8 Å². The van der Waals surface area contributed by atoms with Gasteiger partial charge in [-0.2, -0.15) is 0 Å². The van der Waals surface area contributed by atoms with Gasteiger partial charge in [0.25, 0.3) is 11.8 Å². The Morgan fingerprint density at radius 1 is 0.964 bits per heavy atom. The van der Waals surface area contributed by atoms with Crippen molar-refractivity contribution in [1.29, 1.82) is 0 Å². The molecule has 3 amide bonds. The van der Waals surface area contributed by atoms with Crippen molar-refractivity contribution in [3.63, 3.8) is 0 Å². The maximum atomic E-state index is 12.2. The largest absolute Gasteiger partial charge is 0.352 e. The maximum Gasteiger partial charge on any atom is 0.253 e. The SMILES string of the molecule is C=CCNC(=O)c1ccccc1NC(=O)CCCNC(=O)c1ccc(Cl)cc1. The number of carbonyl (C=O) groups is 3. The summed E-state index contributed by atoms with van der Waals surface area (Å²) >= 11 is 5.79. The van der Waals surface area contributed by atoms with Gasteiger partial charge in [0.15, 0.2) is 0 Å². The Hall–Kier alpha value is -3.12. The highest BCUT2D eigenvalue weighted by molar-refractivity contribution is 6.30. The van der Waals surface area contributed by atoms with E-state index in [-0.39, 0.29) is 24.1 Å². The molecule has 7 heteroatoms. The molecule has 0 aliphatic rings. The summed E-state index contributed by atoms with van der Waals surface area (Å²) in [5.74, 6) is -0.739. The van der Waals surface area contributed by atoms with Crippen LogP contribution < -0.4 is 16.0 Å². The maximum absolute atomic E-state index is 12.2. The van der Waals surface area contributed by atoms with Gasteiger partial charge in [0.2, 0.25) is 5.91 Å². The third-order valence-corrected chi connectivity index (χ3v) is 4.08. The molecular formula is C21H22ClN3O3. The van der Waals surface area contributed by atoms with Gasteiger partial charge in [-0.25, -0.2) is 0 Å². The molecular weight excluding hydrogens is 378 g/mol. The number of benzene rings is 2. The first-order valence-corrected chi connectivity index (χ1v) is 9.21. The molecule has 0 unspecified atom stereocenters. The van der Waals surface area contributed by atoms with Gasteiger partial charge in [-0.05, 0) is 42.8 Å². The molecule has 0 aliphatic heterocycles. The molecule has 0 atom stereocenters. The molecule has 3 N–H and O–H groups in total. The molecule has 6 nitrogen and oxygen atoms in total. The number of halogens is 1. The smallest absolute Gasteiger partial charge is 0.253 e. The van der Waals surface area contributed by atoms with Crippen LogP contribution in [-0.2, 0) is 4.79 Å². The zero-order valence-corrected chi connectivity index (χ0v) is 16.1. The van der Waals surface area contributed by atoms with Crippen LogP contribution in [0.1, 0.15) is 33.6 Å². The van der Waals surface area contributed by atoms with Gasteiger partial charge in [0.1, 0.15) is 0 Å². The molecule has 0 heterocycles. The molecule has 2 rings (SSSR count). The normalized spacial score (nSPS) is 10.0. The molecule has 0 spiro atoms. The van der Waals surface area contributed by atoms with Crippen molar-refractivity contribution in [1.82, 2.24) is 10.6 Å². The third-order valence-electron chi connectivity index (χ3n) is 3.83. The highest BCUT2D eigenvalue weighted by Gasteiger charge is 2.12. The predicted octanol–water partition coefficient (Wildman–Crippen LogP) is 3.40. The van der Waals surface area contributed by atoms with Gasteiger partial charge in [-0.15, -0.1) is 6.58 Å². The van der Waals surface area contributed by atoms with Crippen LogP contribution in [0.25, 0.3) is 0 Å². The first-order chi connectivity index (χ1) is 13.5. The first-order valence-electron chi connectivity index (χ1n) is 8.83. The fourth-order valence-electron chi connectivity index (χ4n) is 2.42. The van der Waals surface area contributed by atoms with Crippen molar-refractivity contribution in [3.05, 3.63) is 77.3 Å². The van der Waals surface area contributed by atoms with E-state index in [0.717, 1.165) is 0 Å². The van der Waals surface area contributed by atoms with E-state index in [0.29, 0.717) is 41.3 Å². The van der Waals surface area contributed by atoms with Crippen LogP contribution >= 0.6 is 11.6 Å². The number of hydrogen-bond acceptors (Lipinski definition) is 3. The molecule has 0 bridgehead atoms. The number of amides is 3. The Bertz CT molecular complexity index is 850. The minimum absolute atomic E-state index is 0.212. The van der Waals surface area contributed by atoms with Crippen molar-refractivity contribution >= 4 is 35.0 Å². The van der Waals surface area contributed by atoms with Gasteiger partial charge < -0.3 is 16.0 Å². The third kappa shape index (κ3) is 6.55. The Morgan fingerprint density at radius 2 is 1.68 bits per heavy atom. The summed E-state index contributed by atoms with van der Waals surface area (Å²) in [5, 5.41) is 8.74. The lowest BCUT2D eigenvalue weighted by atomic mass is 10.1. The van der Waals surface area contributed by atoms with Gasteiger partial charge in [-0.3, -0.25) is 14.4 Å². The Kier molecular flexibility index (Phi) is 8.24. The molecule has 0 aromatic heterocycles. The van der Waals surface area contributed by atoms with Crippen LogP contribution in [0.15, 0.2) is 61.2 Å². The predicted molar refractivity (Wildman–Crippen MR) is 111 cm³/mol. The summed E-state index contributed by atoms with van der Waals surface area (Å²) in [6, 6.07) is 13.3. The van der Waals surface area contributed by atoms with E-state index in [1.54, 1.807) is 54.6 Å². The van der Waals surface area contributed by atoms with Crippen LogP contribution in [0, 0.1) is 0 Å². The van der Waals surface area contributed by atoms with Crippen molar-refractivity contribution in [2.45, 2.75) is 12.8 Å². The highest BCUT2D eigenvalue weighted by atomic mass is 35.5. The van der Waals surface area contributed by atoms with Crippen molar-refractivity contribution < 1.29 is 14.4 Å². The second-order valence-electron chi connectivity index (χ2n) is 5.96. The van der Waals surface area contributed by atoms with E-state index >= 15 is 0 Å². The second-order valence-corrected chi connectivity index (χ2v) is 6.40. The number of rotatable bonds is 9. The van der Waals surface area contributed by atoms with E-state index in [1.165, 1.54) is 0 Å². The monoisotopic (exact) mass is 399 g/mol. The van der Waals surface area contributed by atoms with Crippen LogP contribution in [0.5, 0.6) is 0 Å². The average Bonchev–Trinajstić information content (AvgIpc) is 2.70. The van der Waals surface area contributed by atoms with Gasteiger partial charge >= 0.3 is 0 Å². The topological polar surface area (TPSA) is 87.3 Å². The summed E-state index contributed by atoms with van der Waals surface area (Å²) in [6.07, 6.45) is 2.26. The van der Waals surface area contributed by atoms with Crippen LogP contribution in [-0.4, -0.2) is 30.8 Å². The zero-order chi connectivity index (χ0) is 20.4. The molecule has 2 aromatic carbocycles. The van der Waals surface area contributed by atoms with Gasteiger partial charge in [0.05, 0.1) is 11.3 Å². The van der Waals surface area contributed by atoms with Crippen molar-refractivity contribution in [3.8, 4) is 0 Å². The Labute approximate surface area is 169 Å². The lowest BCUT2D eigenvalue weighted by Gasteiger charge is -2.11. The lowest BCUT2D eigenvalue weighted by molar-refractivity contribution is -0.116. The minimum atomic E-state index is -0.286. The summed E-state index contributed by atoms with van der Waals surface area (Å²) in [5.41, 5.74) is 1.33. The highest BCUT2D eigenvalue weighted by Crippen LogP contribution is 2.15. The van der Waals surface area contributed by atoms with E-state index in [2.05, 4.69) is 22.5 Å². The first kappa shape index (κ1) is 21.2. The van der Waals surface area contributed by atoms with E-state index in [1.807, 2.05) is 0 Å². The lowest BCUT2D eigenvalue weighted by Crippen LogP contribution is -2.26. The molecule has 28 heavy (non-hydrogen) atoms. The summed E-state index contributed by atoms with van der Waals surface area (Å²) < 4.78 is 0. The van der Waals surface area contributed by atoms with Crippen molar-refractivity contribution in [2.24, 2.45) is 0 Å². The minimum Gasteiger partial charge on any atom is -0.352 e. The molecule has 0 fully saturated rings. The number of nitrogens with one attached hydrogen (secondary N) is 3. The van der Waals surface area contributed by atoms with Crippen LogP contribution in [0.2, 0.25) is 5.02 Å². The zero-order valence-electron chi connectivity index (χ0n) is 15.3. The van der Waals surface area contributed by atoms with Gasteiger partial charge in [0, 0.05) is 30.1 Å². The number of anilines is 1. The fourth-order valence-corrected chi connectivity index (χ4v) is 2.54. The van der Waals surface area contributed by atoms with Crippen LogP contribution in [0.3, 0.4) is 0 Å². The summed E-state index contributed by atoms with van der Waals surface area (Å²) in [6.45, 7) is 4.25. The molecule has 0 saturated heterocycles. The molecule has 0 radical (unpaired) electrons. The molecule has 0 saturated carbocycles. The van der Waals surface area contributed by atoms with E-state index in [9.17, 15) is 14.4 Å². The molecule has 146 valence electrons. The number of para-hydroxylation sites is 1. The van der Waals surface area contributed by atoms with Crippen LogP contribution in [0.4, 0.5) is 5.69 Å². The van der Waals surface area contributed by atoms with Crippen molar-refractivity contribution in [2.75, 3.05) is 18.4 Å². The van der Waals surface area contributed by atoms with E-state index < -0.39 is 0 Å². The summed E-state index contributed by atoms with van der Waals surface area (Å²) in [7, 11) is 0. The molecule has 2 aromatic rings. The van der Waals surface area contributed by atoms with E-state index in [4.69, 9.17) is 11.6 Å². The number of carbonyl (C=O) groups excluding carboxylic acids is 3. The fraction of sp³-hybridized carbons (Fsp3) is 0.190. The Balaban J connectivity index is 1.80. The quantitative estimate of drug-likeness (QED) is 0.446. The number of hydrogen-bond donors (Lipinski definition) is 3. The average molecular weight is 400 g/mol. The standard InChI is InChI=1S/C21H22ClN3O3/c1-2-13-23-21(28)17-6-3-4-7-18(17)25-19(26)8-5-14-24-20(27)15-9-11-16(22)12-10-15/h2-4,6-7,9-12H,1,5,8,13-14H2,(H,23,28)(H,24,27)(H,25,26). The summed E-state index contributed by atoms with van der Waals surface area (Å²) in [4.78, 5) is 36.3. The Morgan fingerprint density at radius 3 is 2.39 bits per heavy atom. The molecule has 0 aliphatic carbocycles.